The standard InChI is InChI=1S/C29H30F4N4O6S/c1-5-41-12-20-35-24-25(37(20)14-29(3,4)40)16-10-15(2)6-7-19(16)34-27(24)36-28(39)42-8-9-44-13-21(38)43-26-22(32)17(30)11-18(31)23(26)33/h6-7,10-11,40H,5,8-9,12-14H2,1-4H3,(H,34,36,39). The predicted octanol–water partition coefficient (Wildman–Crippen LogP) is 5.64. The molecule has 0 aliphatic heterocycles. The summed E-state index contributed by atoms with van der Waals surface area (Å²) in [6.07, 6.45) is -0.865. The van der Waals surface area contributed by atoms with Crippen LogP contribution >= 0.6 is 11.8 Å². The molecule has 0 saturated heterocycles. The molecule has 4 rings (SSSR count). The highest BCUT2D eigenvalue weighted by Gasteiger charge is 2.25. The number of thioether (sulfide) groups is 1. The van der Waals surface area contributed by atoms with Crippen molar-refractivity contribution >= 4 is 51.6 Å². The molecule has 0 aliphatic rings. The number of halogens is 4. The molecular formula is C29H30F4N4O6S. The van der Waals surface area contributed by atoms with Crippen molar-refractivity contribution in [2.24, 2.45) is 0 Å². The van der Waals surface area contributed by atoms with Gasteiger partial charge in [0.25, 0.3) is 0 Å². The molecule has 0 fully saturated rings. The van der Waals surface area contributed by atoms with E-state index in [2.05, 4.69) is 15.0 Å². The predicted molar refractivity (Wildman–Crippen MR) is 156 cm³/mol. The monoisotopic (exact) mass is 638 g/mol. The van der Waals surface area contributed by atoms with Gasteiger partial charge in [0.2, 0.25) is 17.4 Å². The van der Waals surface area contributed by atoms with E-state index in [0.717, 1.165) is 22.7 Å². The number of carbonyl (C=O) groups excluding carboxylic acids is 2. The average molecular weight is 639 g/mol. The fourth-order valence-corrected chi connectivity index (χ4v) is 4.83. The molecule has 0 saturated carbocycles. The summed E-state index contributed by atoms with van der Waals surface area (Å²) in [6.45, 7) is 7.73. The minimum atomic E-state index is -1.83. The van der Waals surface area contributed by atoms with Crippen molar-refractivity contribution in [3.8, 4) is 5.75 Å². The minimum absolute atomic E-state index is 0.000261. The van der Waals surface area contributed by atoms with Gasteiger partial charge in [-0.3, -0.25) is 10.1 Å². The number of hydrogen-bond donors (Lipinski definition) is 2. The van der Waals surface area contributed by atoms with Gasteiger partial charge < -0.3 is 23.9 Å². The van der Waals surface area contributed by atoms with E-state index < -0.39 is 52.4 Å². The number of amides is 1. The van der Waals surface area contributed by atoms with Crippen LogP contribution in [0.4, 0.5) is 28.2 Å². The normalized spacial score (nSPS) is 11.8. The number of carbonyl (C=O) groups is 2. The first-order valence-electron chi connectivity index (χ1n) is 13.4. The lowest BCUT2D eigenvalue weighted by molar-refractivity contribution is -0.131. The van der Waals surface area contributed by atoms with Crippen LogP contribution in [0, 0.1) is 30.2 Å². The smallest absolute Gasteiger partial charge is 0.412 e. The van der Waals surface area contributed by atoms with Crippen LogP contribution in [0.25, 0.3) is 21.9 Å². The zero-order chi connectivity index (χ0) is 32.2. The van der Waals surface area contributed by atoms with Crippen LogP contribution < -0.4 is 10.1 Å². The Morgan fingerprint density at radius 2 is 1.80 bits per heavy atom. The Kier molecular flexibility index (Phi) is 10.3. The molecular weight excluding hydrogens is 608 g/mol. The maximum absolute atomic E-state index is 13.7. The molecule has 0 spiro atoms. The van der Waals surface area contributed by atoms with E-state index in [4.69, 9.17) is 14.5 Å². The van der Waals surface area contributed by atoms with Gasteiger partial charge in [-0.2, -0.15) is 8.78 Å². The molecule has 0 unspecified atom stereocenters. The first kappa shape index (κ1) is 33.0. The summed E-state index contributed by atoms with van der Waals surface area (Å²) in [5.41, 5.74) is 1.46. The van der Waals surface area contributed by atoms with E-state index in [1.54, 1.807) is 19.9 Å². The molecule has 4 aromatic rings. The van der Waals surface area contributed by atoms with Crippen LogP contribution in [0.15, 0.2) is 24.3 Å². The van der Waals surface area contributed by atoms with Gasteiger partial charge in [0.05, 0.1) is 28.9 Å². The number of aromatic nitrogens is 3. The quantitative estimate of drug-likeness (QED) is 0.0667. The maximum Gasteiger partial charge on any atom is 0.412 e. The zero-order valence-corrected chi connectivity index (χ0v) is 25.1. The lowest BCUT2D eigenvalue weighted by atomic mass is 10.1. The van der Waals surface area contributed by atoms with E-state index in [9.17, 15) is 32.3 Å². The zero-order valence-electron chi connectivity index (χ0n) is 24.3. The number of nitrogens with one attached hydrogen (secondary N) is 1. The summed E-state index contributed by atoms with van der Waals surface area (Å²) in [5.74, 6) is -9.43. The molecule has 2 aromatic carbocycles. The number of rotatable bonds is 12. The molecule has 44 heavy (non-hydrogen) atoms. The highest BCUT2D eigenvalue weighted by Crippen LogP contribution is 2.32. The molecule has 236 valence electrons. The number of nitrogens with zero attached hydrogens (tertiary/aromatic N) is 3. The third-order valence-corrected chi connectivity index (χ3v) is 6.97. The Morgan fingerprint density at radius 3 is 2.45 bits per heavy atom. The molecule has 0 aliphatic carbocycles. The number of fused-ring (bicyclic) bond motifs is 3. The van der Waals surface area contributed by atoms with Crippen molar-refractivity contribution in [2.45, 2.75) is 46.4 Å². The summed E-state index contributed by atoms with van der Waals surface area (Å²) >= 11 is 0.892. The number of ether oxygens (including phenoxy) is 3. The number of aryl methyl sites for hydroxylation is 1. The number of pyridine rings is 1. The topological polar surface area (TPSA) is 125 Å². The van der Waals surface area contributed by atoms with Gasteiger partial charge in [0.1, 0.15) is 24.6 Å². The summed E-state index contributed by atoms with van der Waals surface area (Å²) in [4.78, 5) is 33.9. The molecule has 2 aromatic heterocycles. The molecule has 15 heteroatoms. The van der Waals surface area contributed by atoms with Gasteiger partial charge >= 0.3 is 12.1 Å². The van der Waals surface area contributed by atoms with Crippen molar-refractivity contribution in [1.82, 2.24) is 14.5 Å². The molecule has 0 atom stereocenters. The van der Waals surface area contributed by atoms with Crippen LogP contribution in [0.5, 0.6) is 5.75 Å². The number of hydrogen-bond acceptors (Lipinski definition) is 9. The Labute approximate surface area is 253 Å². The molecule has 0 bridgehead atoms. The second-order valence-corrected chi connectivity index (χ2v) is 11.4. The van der Waals surface area contributed by atoms with Crippen molar-refractivity contribution in [3.63, 3.8) is 0 Å². The number of imidazole rings is 1. The van der Waals surface area contributed by atoms with Crippen LogP contribution in [-0.2, 0) is 27.4 Å². The van der Waals surface area contributed by atoms with Gasteiger partial charge in [-0.25, -0.2) is 23.5 Å². The Bertz CT molecular complexity index is 1680. The van der Waals surface area contributed by atoms with Gasteiger partial charge in [0, 0.05) is 23.8 Å². The van der Waals surface area contributed by atoms with Crippen molar-refractivity contribution in [2.75, 3.05) is 30.0 Å². The van der Waals surface area contributed by atoms with Gasteiger partial charge in [-0.1, -0.05) is 11.6 Å². The van der Waals surface area contributed by atoms with Crippen molar-refractivity contribution < 1.29 is 46.5 Å². The van der Waals surface area contributed by atoms with Crippen molar-refractivity contribution in [1.29, 1.82) is 0 Å². The van der Waals surface area contributed by atoms with E-state index in [1.807, 2.05) is 30.5 Å². The molecule has 1 amide bonds. The largest absolute Gasteiger partial charge is 0.448 e. The fourth-order valence-electron chi connectivity index (χ4n) is 4.26. The summed E-state index contributed by atoms with van der Waals surface area (Å²) < 4.78 is 71.1. The first-order chi connectivity index (χ1) is 20.8. The van der Waals surface area contributed by atoms with Crippen LogP contribution in [0.1, 0.15) is 32.2 Å². The Balaban J connectivity index is 1.45. The van der Waals surface area contributed by atoms with Gasteiger partial charge in [-0.05, 0) is 39.8 Å². The summed E-state index contributed by atoms with van der Waals surface area (Å²) in [6, 6.07) is 5.61. The van der Waals surface area contributed by atoms with Gasteiger partial charge in [-0.15, -0.1) is 11.8 Å². The van der Waals surface area contributed by atoms with E-state index >= 15 is 0 Å². The van der Waals surface area contributed by atoms with E-state index in [-0.39, 0.29) is 37.4 Å². The van der Waals surface area contributed by atoms with Crippen LogP contribution in [0.3, 0.4) is 0 Å². The number of aliphatic hydroxyl groups is 1. The minimum Gasteiger partial charge on any atom is -0.448 e. The second-order valence-electron chi connectivity index (χ2n) is 10.3. The molecule has 2 N–H and O–H groups in total. The highest BCUT2D eigenvalue weighted by molar-refractivity contribution is 7.99. The van der Waals surface area contributed by atoms with Gasteiger partial charge in [0.15, 0.2) is 17.5 Å². The molecule has 10 nitrogen and oxygen atoms in total. The highest BCUT2D eigenvalue weighted by atomic mass is 32.2. The Morgan fingerprint density at radius 1 is 1.09 bits per heavy atom. The summed E-state index contributed by atoms with van der Waals surface area (Å²) in [5, 5.41) is 14.0. The molecule has 0 radical (unpaired) electrons. The van der Waals surface area contributed by atoms with Crippen molar-refractivity contribution in [3.05, 3.63) is 58.9 Å². The molecule has 2 heterocycles. The Hall–Kier alpha value is -3.95. The van der Waals surface area contributed by atoms with Crippen LogP contribution in [0.2, 0.25) is 0 Å². The first-order valence-corrected chi connectivity index (χ1v) is 14.6. The fraction of sp³-hybridized carbons (Fsp3) is 0.379. The van der Waals surface area contributed by atoms with E-state index in [1.165, 1.54) is 0 Å². The lowest BCUT2D eigenvalue weighted by Crippen LogP contribution is -2.27. The maximum atomic E-state index is 13.7. The SMILES string of the molecule is CCOCc1nc2c(NC(=O)OCCSCC(=O)Oc3c(F)c(F)cc(F)c3F)nc3ccc(C)cc3c2n1CC(C)(C)O. The number of esters is 1. The van der Waals surface area contributed by atoms with E-state index in [0.29, 0.717) is 29.0 Å². The number of benzene rings is 2. The average Bonchev–Trinajstić information content (AvgIpc) is 3.30. The second kappa shape index (κ2) is 13.8. The third-order valence-electron chi connectivity index (χ3n) is 6.08. The van der Waals surface area contributed by atoms with Crippen LogP contribution in [-0.4, -0.2) is 62.0 Å². The lowest BCUT2D eigenvalue weighted by Gasteiger charge is -2.21. The summed E-state index contributed by atoms with van der Waals surface area (Å²) in [7, 11) is 0. The number of anilines is 1. The third kappa shape index (κ3) is 7.76.